The molecule has 1 atom stereocenters. The Bertz CT molecular complexity index is 470. The molecular formula is C14H21BrClN3O. The average Bonchev–Trinajstić information content (AvgIpc) is 2.80. The first-order chi connectivity index (χ1) is 9.08. The smallest absolute Gasteiger partial charge is 0.238 e. The minimum atomic E-state index is 0. The number of carbonyl (C=O) groups is 1. The monoisotopic (exact) mass is 361 g/mol. The predicted molar refractivity (Wildman–Crippen MR) is 88.7 cm³/mol. The third-order valence-electron chi connectivity index (χ3n) is 3.51. The lowest BCUT2D eigenvalue weighted by molar-refractivity contribution is -0.117. The molecule has 4 nitrogen and oxygen atoms in total. The number of likely N-dealkylation sites (N-methyl/N-ethyl adjacent to an activating group) is 1. The lowest BCUT2D eigenvalue weighted by atomic mass is 10.2. The van der Waals surface area contributed by atoms with Gasteiger partial charge >= 0.3 is 0 Å². The van der Waals surface area contributed by atoms with E-state index < -0.39 is 0 Å². The molecule has 2 N–H and O–H groups in total. The molecule has 2 rings (SSSR count). The van der Waals surface area contributed by atoms with E-state index in [2.05, 4.69) is 31.5 Å². The van der Waals surface area contributed by atoms with Crippen LogP contribution in [0, 0.1) is 6.92 Å². The van der Waals surface area contributed by atoms with Crippen LogP contribution < -0.4 is 10.6 Å². The normalized spacial score (nSPS) is 18.6. The molecule has 0 aliphatic carbocycles. The van der Waals surface area contributed by atoms with Crippen molar-refractivity contribution in [3.05, 3.63) is 28.2 Å². The Morgan fingerprint density at radius 3 is 2.85 bits per heavy atom. The van der Waals surface area contributed by atoms with Gasteiger partial charge < -0.3 is 10.6 Å². The van der Waals surface area contributed by atoms with Crippen LogP contribution in [0.1, 0.15) is 12.0 Å². The summed E-state index contributed by atoms with van der Waals surface area (Å²) in [6.07, 6.45) is 1.11. The summed E-state index contributed by atoms with van der Waals surface area (Å²) in [5, 5.41) is 6.23. The van der Waals surface area contributed by atoms with Crippen LogP contribution >= 0.6 is 28.3 Å². The van der Waals surface area contributed by atoms with Gasteiger partial charge in [0.1, 0.15) is 0 Å². The van der Waals surface area contributed by atoms with Crippen molar-refractivity contribution in [1.29, 1.82) is 0 Å². The first-order valence-corrected chi connectivity index (χ1v) is 7.33. The van der Waals surface area contributed by atoms with Gasteiger partial charge in [-0.15, -0.1) is 12.4 Å². The Morgan fingerprint density at radius 1 is 1.50 bits per heavy atom. The zero-order valence-corrected chi connectivity index (χ0v) is 14.2. The molecule has 1 fully saturated rings. The minimum absolute atomic E-state index is 0. The summed E-state index contributed by atoms with van der Waals surface area (Å²) in [5.41, 5.74) is 1.95. The van der Waals surface area contributed by atoms with Gasteiger partial charge in [0.05, 0.1) is 6.54 Å². The number of halogens is 2. The summed E-state index contributed by atoms with van der Waals surface area (Å²) in [7, 11) is 1.97. The molecule has 20 heavy (non-hydrogen) atoms. The van der Waals surface area contributed by atoms with Crippen molar-refractivity contribution >= 4 is 39.9 Å². The highest BCUT2D eigenvalue weighted by molar-refractivity contribution is 9.10. The van der Waals surface area contributed by atoms with Crippen molar-refractivity contribution in [2.24, 2.45) is 0 Å². The molecule has 6 heteroatoms. The topological polar surface area (TPSA) is 44.4 Å². The fraction of sp³-hybridized carbons (Fsp3) is 0.500. The molecule has 0 bridgehead atoms. The first kappa shape index (κ1) is 17.4. The molecule has 1 aromatic rings. The number of hydrogen-bond acceptors (Lipinski definition) is 3. The Kier molecular flexibility index (Phi) is 6.95. The molecule has 1 unspecified atom stereocenters. The molecule has 112 valence electrons. The number of likely N-dealkylation sites (tertiary alicyclic amines) is 1. The number of amides is 1. The average molecular weight is 363 g/mol. The molecule has 0 aromatic heterocycles. The maximum Gasteiger partial charge on any atom is 0.238 e. The molecule has 0 saturated carbocycles. The molecule has 0 spiro atoms. The van der Waals surface area contributed by atoms with Gasteiger partial charge in [-0.3, -0.25) is 9.69 Å². The van der Waals surface area contributed by atoms with Gasteiger partial charge in [-0.2, -0.15) is 0 Å². The summed E-state index contributed by atoms with van der Waals surface area (Å²) >= 11 is 3.42. The molecule has 1 aliphatic heterocycles. The van der Waals surface area contributed by atoms with Crippen molar-refractivity contribution in [2.75, 3.05) is 32.0 Å². The number of nitrogens with zero attached hydrogens (tertiary/aromatic N) is 1. The Hall–Kier alpha value is -0.620. The molecule has 1 aromatic carbocycles. The van der Waals surface area contributed by atoms with Crippen molar-refractivity contribution < 1.29 is 4.79 Å². The molecule has 1 aliphatic rings. The summed E-state index contributed by atoms with van der Waals surface area (Å²) in [4.78, 5) is 14.2. The SMILES string of the molecule is CNC1CCN(CC(=O)Nc2ccc(Br)cc2C)C1.Cl. The fourth-order valence-electron chi connectivity index (χ4n) is 2.37. The van der Waals surface area contributed by atoms with Crippen LogP contribution in [0.25, 0.3) is 0 Å². The van der Waals surface area contributed by atoms with Crippen LogP contribution in [-0.2, 0) is 4.79 Å². The molecule has 1 amide bonds. The number of hydrogen-bond donors (Lipinski definition) is 2. The Morgan fingerprint density at radius 2 is 2.25 bits per heavy atom. The van der Waals surface area contributed by atoms with E-state index in [4.69, 9.17) is 0 Å². The lowest BCUT2D eigenvalue weighted by Gasteiger charge is -2.16. The number of aryl methyl sites for hydroxylation is 1. The van der Waals surface area contributed by atoms with Crippen molar-refractivity contribution in [1.82, 2.24) is 10.2 Å². The third-order valence-corrected chi connectivity index (χ3v) is 4.00. The van der Waals surface area contributed by atoms with Gasteiger partial charge in [0, 0.05) is 29.3 Å². The number of anilines is 1. The van der Waals surface area contributed by atoms with Gasteiger partial charge in [-0.25, -0.2) is 0 Å². The summed E-state index contributed by atoms with van der Waals surface area (Å²) < 4.78 is 1.03. The van der Waals surface area contributed by atoms with Crippen LogP contribution in [0.2, 0.25) is 0 Å². The van der Waals surface area contributed by atoms with Crippen LogP contribution in [0.5, 0.6) is 0 Å². The molecule has 0 radical (unpaired) electrons. The molecule has 1 saturated heterocycles. The number of nitrogens with one attached hydrogen (secondary N) is 2. The number of carbonyl (C=O) groups excluding carboxylic acids is 1. The van der Waals surface area contributed by atoms with Crippen molar-refractivity contribution in [3.63, 3.8) is 0 Å². The first-order valence-electron chi connectivity index (χ1n) is 6.54. The standard InChI is InChI=1S/C14H20BrN3O.ClH/c1-10-7-11(15)3-4-13(10)17-14(19)9-18-6-5-12(8-18)16-2;/h3-4,7,12,16H,5-6,8-9H2,1-2H3,(H,17,19);1H. The van der Waals surface area contributed by atoms with Gasteiger partial charge in [0.2, 0.25) is 5.91 Å². The number of rotatable bonds is 4. The van der Waals surface area contributed by atoms with Gasteiger partial charge in [-0.1, -0.05) is 15.9 Å². The van der Waals surface area contributed by atoms with Gasteiger partial charge in [0.15, 0.2) is 0 Å². The largest absolute Gasteiger partial charge is 0.325 e. The second-order valence-corrected chi connectivity index (χ2v) is 5.93. The van der Waals surface area contributed by atoms with Crippen LogP contribution in [0.15, 0.2) is 22.7 Å². The zero-order chi connectivity index (χ0) is 13.8. The Balaban J connectivity index is 0.00000200. The van der Waals surface area contributed by atoms with Crippen molar-refractivity contribution in [2.45, 2.75) is 19.4 Å². The fourth-order valence-corrected chi connectivity index (χ4v) is 2.85. The summed E-state index contributed by atoms with van der Waals surface area (Å²) in [5.74, 6) is 0.0576. The minimum Gasteiger partial charge on any atom is -0.325 e. The maximum absolute atomic E-state index is 12.0. The van der Waals surface area contributed by atoms with E-state index in [9.17, 15) is 4.79 Å². The highest BCUT2D eigenvalue weighted by Gasteiger charge is 2.22. The van der Waals surface area contributed by atoms with Gasteiger partial charge in [-0.05, 0) is 44.2 Å². The van der Waals surface area contributed by atoms with E-state index in [-0.39, 0.29) is 18.3 Å². The quantitative estimate of drug-likeness (QED) is 0.864. The zero-order valence-electron chi connectivity index (χ0n) is 11.8. The number of benzene rings is 1. The lowest BCUT2D eigenvalue weighted by Crippen LogP contribution is -2.34. The predicted octanol–water partition coefficient (Wildman–Crippen LogP) is 2.41. The van der Waals surface area contributed by atoms with E-state index in [0.29, 0.717) is 12.6 Å². The Labute approximate surface area is 134 Å². The van der Waals surface area contributed by atoms with E-state index in [0.717, 1.165) is 35.2 Å². The van der Waals surface area contributed by atoms with Crippen LogP contribution in [0.3, 0.4) is 0 Å². The summed E-state index contributed by atoms with van der Waals surface area (Å²) in [6.45, 7) is 4.39. The third kappa shape index (κ3) is 4.74. The van der Waals surface area contributed by atoms with Crippen LogP contribution in [0.4, 0.5) is 5.69 Å². The molecular weight excluding hydrogens is 342 g/mol. The van der Waals surface area contributed by atoms with E-state index >= 15 is 0 Å². The highest BCUT2D eigenvalue weighted by atomic mass is 79.9. The van der Waals surface area contributed by atoms with Crippen molar-refractivity contribution in [3.8, 4) is 0 Å². The highest BCUT2D eigenvalue weighted by Crippen LogP contribution is 2.20. The van der Waals surface area contributed by atoms with E-state index in [1.54, 1.807) is 0 Å². The second kappa shape index (κ2) is 7.98. The second-order valence-electron chi connectivity index (χ2n) is 5.02. The van der Waals surface area contributed by atoms with E-state index in [1.165, 1.54) is 0 Å². The van der Waals surface area contributed by atoms with Gasteiger partial charge in [0.25, 0.3) is 0 Å². The molecule has 1 heterocycles. The summed E-state index contributed by atoms with van der Waals surface area (Å²) in [6, 6.07) is 6.39. The van der Waals surface area contributed by atoms with Crippen LogP contribution in [-0.4, -0.2) is 43.5 Å². The maximum atomic E-state index is 12.0. The van der Waals surface area contributed by atoms with E-state index in [1.807, 2.05) is 32.2 Å².